The molecule has 0 amide bonds. The number of nitrogens with zero attached hydrogens (tertiary/aromatic N) is 1. The van der Waals surface area contributed by atoms with E-state index in [-0.39, 0.29) is 0 Å². The zero-order chi connectivity index (χ0) is 10.6. The summed E-state index contributed by atoms with van der Waals surface area (Å²) in [5, 5.41) is 3.54. The summed E-state index contributed by atoms with van der Waals surface area (Å²) in [6.07, 6.45) is 0. The average molecular weight is 278 g/mol. The molecule has 0 atom stereocenters. The van der Waals surface area contributed by atoms with Crippen LogP contribution in [0.2, 0.25) is 5.02 Å². The van der Waals surface area contributed by atoms with Gasteiger partial charge >= 0.3 is 0 Å². The fourth-order valence-corrected chi connectivity index (χ4v) is 1.40. The molecule has 0 unspecified atom stereocenters. The van der Waals surface area contributed by atoms with Crippen LogP contribution in [0.4, 0.5) is 5.69 Å². The highest BCUT2D eigenvalue weighted by Crippen LogP contribution is 2.25. The van der Waals surface area contributed by atoms with Crippen molar-refractivity contribution in [2.45, 2.75) is 0 Å². The molecule has 6 heteroatoms. The molecule has 0 radical (unpaired) electrons. The molecule has 0 aliphatic rings. The molecule has 1 aromatic rings. The Bertz CT molecular complexity index is 353. The third-order valence-corrected chi connectivity index (χ3v) is 2.36. The summed E-state index contributed by atoms with van der Waals surface area (Å²) in [6.45, 7) is 0. The topological polar surface area (TPSA) is 62.4 Å². The van der Waals surface area contributed by atoms with Crippen molar-refractivity contribution < 1.29 is 0 Å². The normalized spacial score (nSPS) is 11.3. The smallest absolute Gasteiger partial charge is 0.210 e. The number of guanidine groups is 1. The van der Waals surface area contributed by atoms with Crippen molar-refractivity contribution in [3.63, 3.8) is 0 Å². The summed E-state index contributed by atoms with van der Waals surface area (Å²) >= 11 is 9.29. The van der Waals surface area contributed by atoms with E-state index in [1.54, 1.807) is 13.1 Å². The zero-order valence-electron chi connectivity index (χ0n) is 7.51. The van der Waals surface area contributed by atoms with E-state index in [1.165, 1.54) is 0 Å². The van der Waals surface area contributed by atoms with Crippen LogP contribution in [0.25, 0.3) is 0 Å². The Kier molecular flexibility index (Phi) is 4.19. The molecule has 0 aromatic heterocycles. The predicted octanol–water partition coefficient (Wildman–Crippen LogP) is 1.96. The number of anilines is 1. The molecule has 0 heterocycles. The van der Waals surface area contributed by atoms with Gasteiger partial charge in [0.15, 0.2) is 0 Å². The monoisotopic (exact) mass is 276 g/mol. The largest absolute Gasteiger partial charge is 0.324 e. The molecule has 0 saturated carbocycles. The highest BCUT2D eigenvalue weighted by Gasteiger charge is 2.02. The highest BCUT2D eigenvalue weighted by molar-refractivity contribution is 9.10. The minimum Gasteiger partial charge on any atom is -0.324 e. The van der Waals surface area contributed by atoms with Crippen LogP contribution in [-0.2, 0) is 0 Å². The van der Waals surface area contributed by atoms with Gasteiger partial charge in [0, 0.05) is 11.5 Å². The second-order valence-electron chi connectivity index (χ2n) is 2.47. The Hall–Kier alpha value is -0.780. The maximum absolute atomic E-state index is 5.95. The van der Waals surface area contributed by atoms with Crippen LogP contribution in [0.3, 0.4) is 0 Å². The zero-order valence-corrected chi connectivity index (χ0v) is 9.85. The van der Waals surface area contributed by atoms with Gasteiger partial charge in [0.1, 0.15) is 0 Å². The Labute approximate surface area is 95.6 Å². The van der Waals surface area contributed by atoms with Gasteiger partial charge in [0.2, 0.25) is 5.96 Å². The SMILES string of the molecule is CN=C(NN)Nc1cc(Br)ccc1Cl. The first kappa shape index (κ1) is 11.3. The van der Waals surface area contributed by atoms with E-state index in [1.807, 2.05) is 12.1 Å². The van der Waals surface area contributed by atoms with Crippen LogP contribution >= 0.6 is 27.5 Å². The maximum atomic E-state index is 5.95. The molecule has 0 saturated heterocycles. The molecule has 0 aliphatic heterocycles. The number of aliphatic imine (C=N–C) groups is 1. The van der Waals surface area contributed by atoms with Crippen LogP contribution in [0, 0.1) is 0 Å². The minimum atomic E-state index is 0.449. The quantitative estimate of drug-likeness (QED) is 0.318. The maximum Gasteiger partial charge on any atom is 0.210 e. The van der Waals surface area contributed by atoms with Crippen LogP contribution < -0.4 is 16.6 Å². The number of rotatable bonds is 1. The standard InChI is InChI=1S/C8H10BrClN4/c1-12-8(14-11)13-7-4-5(9)2-3-6(7)10/h2-4H,11H2,1H3,(H2,12,13,14). The van der Waals surface area contributed by atoms with Crippen LogP contribution in [0.15, 0.2) is 27.7 Å². The molecule has 14 heavy (non-hydrogen) atoms. The van der Waals surface area contributed by atoms with Gasteiger partial charge in [-0.25, -0.2) is 5.84 Å². The summed E-state index contributed by atoms with van der Waals surface area (Å²) in [5.41, 5.74) is 3.15. The second kappa shape index (κ2) is 5.19. The van der Waals surface area contributed by atoms with Crippen LogP contribution in [0.5, 0.6) is 0 Å². The number of hydrazine groups is 1. The highest BCUT2D eigenvalue weighted by atomic mass is 79.9. The van der Waals surface area contributed by atoms with E-state index in [0.29, 0.717) is 11.0 Å². The average Bonchev–Trinajstić information content (AvgIpc) is 2.19. The summed E-state index contributed by atoms with van der Waals surface area (Å²) in [5.74, 6) is 5.67. The number of nitrogens with two attached hydrogens (primary N) is 1. The molecule has 4 N–H and O–H groups in total. The molecular formula is C8H10BrClN4. The van der Waals surface area contributed by atoms with Crippen molar-refractivity contribution >= 4 is 39.2 Å². The molecule has 4 nitrogen and oxygen atoms in total. The van der Waals surface area contributed by atoms with E-state index in [9.17, 15) is 0 Å². The van der Waals surface area contributed by atoms with Gasteiger partial charge in [-0.1, -0.05) is 27.5 Å². The number of nitrogens with one attached hydrogen (secondary N) is 2. The number of halogens is 2. The van der Waals surface area contributed by atoms with Crippen molar-refractivity contribution in [1.82, 2.24) is 5.43 Å². The van der Waals surface area contributed by atoms with Gasteiger partial charge in [-0.2, -0.15) is 0 Å². The number of hydrogen-bond acceptors (Lipinski definition) is 2. The lowest BCUT2D eigenvalue weighted by Gasteiger charge is -2.09. The lowest BCUT2D eigenvalue weighted by molar-refractivity contribution is 1.01. The lowest BCUT2D eigenvalue weighted by Crippen LogP contribution is -2.36. The lowest BCUT2D eigenvalue weighted by atomic mass is 10.3. The van der Waals surface area contributed by atoms with Crippen molar-refractivity contribution in [3.05, 3.63) is 27.7 Å². The second-order valence-corrected chi connectivity index (χ2v) is 3.79. The molecule has 0 fully saturated rings. The Morgan fingerprint density at radius 1 is 1.57 bits per heavy atom. The summed E-state index contributed by atoms with van der Waals surface area (Å²) in [4.78, 5) is 3.87. The number of hydrogen-bond donors (Lipinski definition) is 3. The molecule has 0 aliphatic carbocycles. The Balaban J connectivity index is 2.90. The van der Waals surface area contributed by atoms with Crippen molar-refractivity contribution in [2.24, 2.45) is 10.8 Å². The fourth-order valence-electron chi connectivity index (χ4n) is 0.877. The first-order valence-electron chi connectivity index (χ1n) is 3.83. The molecule has 0 bridgehead atoms. The van der Waals surface area contributed by atoms with Crippen LogP contribution in [0.1, 0.15) is 0 Å². The van der Waals surface area contributed by atoms with E-state index < -0.39 is 0 Å². The molecule has 1 aromatic carbocycles. The van der Waals surface area contributed by atoms with E-state index in [2.05, 4.69) is 31.7 Å². The Morgan fingerprint density at radius 2 is 2.29 bits per heavy atom. The molecule has 1 rings (SSSR count). The van der Waals surface area contributed by atoms with Crippen molar-refractivity contribution in [1.29, 1.82) is 0 Å². The fraction of sp³-hybridized carbons (Fsp3) is 0.125. The van der Waals surface area contributed by atoms with E-state index >= 15 is 0 Å². The van der Waals surface area contributed by atoms with Gasteiger partial charge in [0.25, 0.3) is 0 Å². The number of benzene rings is 1. The van der Waals surface area contributed by atoms with Gasteiger partial charge in [0.05, 0.1) is 10.7 Å². The predicted molar refractivity (Wildman–Crippen MR) is 63.5 cm³/mol. The van der Waals surface area contributed by atoms with Gasteiger partial charge in [-0.3, -0.25) is 10.4 Å². The first-order chi connectivity index (χ1) is 6.67. The first-order valence-corrected chi connectivity index (χ1v) is 5.00. The van der Waals surface area contributed by atoms with E-state index in [0.717, 1.165) is 10.2 Å². The summed E-state index contributed by atoms with van der Waals surface area (Å²) in [7, 11) is 1.62. The molecule has 76 valence electrons. The van der Waals surface area contributed by atoms with E-state index in [4.69, 9.17) is 17.4 Å². The molecular weight excluding hydrogens is 267 g/mol. The van der Waals surface area contributed by atoms with Crippen molar-refractivity contribution in [2.75, 3.05) is 12.4 Å². The van der Waals surface area contributed by atoms with Crippen LogP contribution in [-0.4, -0.2) is 13.0 Å². The minimum absolute atomic E-state index is 0.449. The van der Waals surface area contributed by atoms with Gasteiger partial charge < -0.3 is 5.32 Å². The Morgan fingerprint density at radius 3 is 2.86 bits per heavy atom. The third-order valence-electron chi connectivity index (χ3n) is 1.54. The van der Waals surface area contributed by atoms with Gasteiger partial charge in [-0.15, -0.1) is 0 Å². The molecule has 0 spiro atoms. The van der Waals surface area contributed by atoms with Gasteiger partial charge in [-0.05, 0) is 18.2 Å². The summed E-state index contributed by atoms with van der Waals surface area (Å²) in [6, 6.07) is 5.47. The van der Waals surface area contributed by atoms with Crippen molar-refractivity contribution in [3.8, 4) is 0 Å². The third kappa shape index (κ3) is 2.87. The summed E-state index contributed by atoms with van der Waals surface area (Å²) < 4.78 is 0.928.